The van der Waals surface area contributed by atoms with Crippen LogP contribution in [0.25, 0.3) is 6.08 Å². The lowest BCUT2D eigenvalue weighted by Crippen LogP contribution is -2.53. The summed E-state index contributed by atoms with van der Waals surface area (Å²) in [6.07, 6.45) is 2.66. The lowest BCUT2D eigenvalue weighted by atomic mass is 10.1. The molecular formula is C15H13FN2O4S. The van der Waals surface area contributed by atoms with Crippen LogP contribution in [0, 0.1) is 5.82 Å². The Morgan fingerprint density at radius 2 is 2.17 bits per heavy atom. The average Bonchev–Trinajstić information content (AvgIpc) is 2.51. The average molecular weight is 336 g/mol. The third-order valence-electron chi connectivity index (χ3n) is 3.08. The second kappa shape index (κ2) is 6.57. The number of phenolic OH excluding ortho intramolecular Hbond substituents is 1. The van der Waals surface area contributed by atoms with Gasteiger partial charge in [0.1, 0.15) is 5.57 Å². The van der Waals surface area contributed by atoms with Crippen molar-refractivity contribution in [3.8, 4) is 11.5 Å². The Morgan fingerprint density at radius 3 is 2.78 bits per heavy atom. The second-order valence-electron chi connectivity index (χ2n) is 4.58. The normalized spacial score (nSPS) is 16.5. The van der Waals surface area contributed by atoms with E-state index in [4.69, 9.17) is 17.0 Å². The molecule has 2 N–H and O–H groups in total. The maximum absolute atomic E-state index is 13.6. The van der Waals surface area contributed by atoms with Crippen LogP contribution in [-0.4, -0.2) is 40.6 Å². The molecule has 1 fully saturated rings. The number of nitrogens with zero attached hydrogens (tertiary/aromatic N) is 1. The Kier molecular flexibility index (Phi) is 4.75. The molecule has 6 nitrogen and oxygen atoms in total. The van der Waals surface area contributed by atoms with E-state index < -0.39 is 23.4 Å². The first-order valence-electron chi connectivity index (χ1n) is 6.45. The molecule has 8 heteroatoms. The summed E-state index contributed by atoms with van der Waals surface area (Å²) in [5.74, 6) is -3.00. The van der Waals surface area contributed by atoms with E-state index in [1.807, 2.05) is 0 Å². The first-order valence-corrected chi connectivity index (χ1v) is 6.86. The van der Waals surface area contributed by atoms with Gasteiger partial charge >= 0.3 is 0 Å². The number of thiocarbonyl (C=S) groups is 1. The van der Waals surface area contributed by atoms with Gasteiger partial charge in [0.2, 0.25) is 0 Å². The number of halogens is 1. The molecule has 0 bridgehead atoms. The fourth-order valence-corrected chi connectivity index (χ4v) is 2.24. The van der Waals surface area contributed by atoms with E-state index in [1.54, 1.807) is 0 Å². The van der Waals surface area contributed by atoms with Gasteiger partial charge in [-0.1, -0.05) is 6.08 Å². The summed E-state index contributed by atoms with van der Waals surface area (Å²) in [5, 5.41) is 11.8. The maximum Gasteiger partial charge on any atom is 0.265 e. The minimum atomic E-state index is -0.932. The van der Waals surface area contributed by atoms with Crippen molar-refractivity contribution < 1.29 is 23.8 Å². The number of benzene rings is 1. The Labute approximate surface area is 136 Å². The van der Waals surface area contributed by atoms with Crippen LogP contribution in [0.3, 0.4) is 0 Å². The highest BCUT2D eigenvalue weighted by Crippen LogP contribution is 2.31. The molecule has 0 unspecified atom stereocenters. The van der Waals surface area contributed by atoms with E-state index in [9.17, 15) is 19.1 Å². The molecule has 1 aliphatic heterocycles. The largest absolute Gasteiger partial charge is 0.502 e. The van der Waals surface area contributed by atoms with Gasteiger partial charge in [0.05, 0.1) is 7.11 Å². The van der Waals surface area contributed by atoms with Crippen LogP contribution in [0.15, 0.2) is 30.4 Å². The van der Waals surface area contributed by atoms with Crippen molar-refractivity contribution in [3.63, 3.8) is 0 Å². The summed E-state index contributed by atoms with van der Waals surface area (Å²) in [6.45, 7) is 3.64. The van der Waals surface area contributed by atoms with Crippen molar-refractivity contribution in [3.05, 3.63) is 41.7 Å². The van der Waals surface area contributed by atoms with Gasteiger partial charge in [-0.2, -0.15) is 0 Å². The summed E-state index contributed by atoms with van der Waals surface area (Å²) in [7, 11) is 1.26. The molecule has 1 aliphatic rings. The molecule has 120 valence electrons. The summed E-state index contributed by atoms with van der Waals surface area (Å²) < 4.78 is 18.5. The maximum atomic E-state index is 13.6. The molecule has 0 saturated carbocycles. The summed E-state index contributed by atoms with van der Waals surface area (Å²) in [5.41, 5.74) is -0.0328. The van der Waals surface area contributed by atoms with Crippen molar-refractivity contribution in [2.24, 2.45) is 0 Å². The van der Waals surface area contributed by atoms with Gasteiger partial charge in [-0.3, -0.25) is 19.8 Å². The number of phenols is 1. The zero-order valence-electron chi connectivity index (χ0n) is 12.1. The molecule has 0 aliphatic carbocycles. The smallest absolute Gasteiger partial charge is 0.265 e. The lowest BCUT2D eigenvalue weighted by molar-refractivity contribution is -0.128. The lowest BCUT2D eigenvalue weighted by Gasteiger charge is -2.27. The van der Waals surface area contributed by atoms with Gasteiger partial charge in [-0.15, -0.1) is 6.58 Å². The Balaban J connectivity index is 2.46. The summed E-state index contributed by atoms with van der Waals surface area (Å²) in [4.78, 5) is 25.5. The van der Waals surface area contributed by atoms with E-state index in [-0.39, 0.29) is 28.5 Å². The predicted molar refractivity (Wildman–Crippen MR) is 85.2 cm³/mol. The number of amides is 2. The van der Waals surface area contributed by atoms with Crippen LogP contribution in [0.1, 0.15) is 5.56 Å². The van der Waals surface area contributed by atoms with Crippen LogP contribution < -0.4 is 10.1 Å². The molecule has 0 radical (unpaired) electrons. The fourth-order valence-electron chi connectivity index (χ4n) is 1.99. The standard InChI is InChI=1S/C15H13FN2O4S/c1-3-4-18-14(21)9(13(20)17-15(18)23)5-8-6-10(16)12(19)11(7-8)22-2/h3,5-7,19H,1,4H2,2H3,(H,17,20,23)/b9-5+. The van der Waals surface area contributed by atoms with Crippen LogP contribution in [0.5, 0.6) is 11.5 Å². The van der Waals surface area contributed by atoms with Crippen LogP contribution >= 0.6 is 12.2 Å². The zero-order chi connectivity index (χ0) is 17.1. The second-order valence-corrected chi connectivity index (χ2v) is 4.96. The number of methoxy groups -OCH3 is 1. The topological polar surface area (TPSA) is 78.9 Å². The third-order valence-corrected chi connectivity index (χ3v) is 3.40. The molecule has 2 rings (SSSR count). The Bertz CT molecular complexity index is 745. The van der Waals surface area contributed by atoms with E-state index in [2.05, 4.69) is 11.9 Å². The van der Waals surface area contributed by atoms with E-state index in [1.165, 1.54) is 25.3 Å². The SMILES string of the molecule is C=CCN1C(=O)/C(=C/c2cc(F)c(O)c(OC)c2)C(=O)NC1=S. The predicted octanol–water partition coefficient (Wildman–Crippen LogP) is 1.35. The van der Waals surface area contributed by atoms with E-state index in [0.717, 1.165) is 11.0 Å². The Morgan fingerprint density at radius 1 is 1.48 bits per heavy atom. The van der Waals surface area contributed by atoms with Crippen molar-refractivity contribution >= 4 is 35.2 Å². The summed E-state index contributed by atoms with van der Waals surface area (Å²) >= 11 is 4.93. The quantitative estimate of drug-likeness (QED) is 0.376. The molecule has 1 aromatic carbocycles. The van der Waals surface area contributed by atoms with Gasteiger partial charge in [-0.25, -0.2) is 4.39 Å². The van der Waals surface area contributed by atoms with Gasteiger partial charge in [-0.05, 0) is 36.0 Å². The minimum Gasteiger partial charge on any atom is -0.502 e. The number of carbonyl (C=O) groups excluding carboxylic acids is 2. The number of aromatic hydroxyl groups is 1. The monoisotopic (exact) mass is 336 g/mol. The molecule has 0 aromatic heterocycles. The number of carbonyl (C=O) groups is 2. The molecule has 1 aromatic rings. The number of nitrogens with one attached hydrogen (secondary N) is 1. The van der Waals surface area contributed by atoms with E-state index >= 15 is 0 Å². The molecule has 1 saturated heterocycles. The molecule has 0 spiro atoms. The van der Waals surface area contributed by atoms with Crippen molar-refractivity contribution in [2.75, 3.05) is 13.7 Å². The number of hydrogen-bond donors (Lipinski definition) is 2. The zero-order valence-corrected chi connectivity index (χ0v) is 12.9. The van der Waals surface area contributed by atoms with Crippen molar-refractivity contribution in [1.29, 1.82) is 0 Å². The van der Waals surface area contributed by atoms with Crippen LogP contribution in [0.2, 0.25) is 0 Å². The van der Waals surface area contributed by atoms with Gasteiger partial charge in [0, 0.05) is 6.54 Å². The number of rotatable bonds is 4. The number of hydrogen-bond acceptors (Lipinski definition) is 5. The molecule has 0 atom stereocenters. The highest BCUT2D eigenvalue weighted by Gasteiger charge is 2.32. The Hall–Kier alpha value is -2.74. The summed E-state index contributed by atoms with van der Waals surface area (Å²) in [6, 6.07) is 2.28. The minimum absolute atomic E-state index is 0.0217. The third kappa shape index (κ3) is 3.21. The van der Waals surface area contributed by atoms with E-state index in [0.29, 0.717) is 0 Å². The van der Waals surface area contributed by atoms with Gasteiger partial charge < -0.3 is 9.84 Å². The highest BCUT2D eigenvalue weighted by atomic mass is 32.1. The van der Waals surface area contributed by atoms with Crippen molar-refractivity contribution in [2.45, 2.75) is 0 Å². The van der Waals surface area contributed by atoms with Gasteiger partial charge in [0.15, 0.2) is 22.4 Å². The van der Waals surface area contributed by atoms with Crippen LogP contribution in [-0.2, 0) is 9.59 Å². The first-order chi connectivity index (χ1) is 10.9. The van der Waals surface area contributed by atoms with Gasteiger partial charge in [0.25, 0.3) is 11.8 Å². The molecule has 23 heavy (non-hydrogen) atoms. The highest BCUT2D eigenvalue weighted by molar-refractivity contribution is 7.80. The van der Waals surface area contributed by atoms with Crippen molar-refractivity contribution in [1.82, 2.24) is 10.2 Å². The molecular weight excluding hydrogens is 323 g/mol. The fraction of sp³-hybridized carbons (Fsp3) is 0.133. The van der Waals surface area contributed by atoms with Crippen LogP contribution in [0.4, 0.5) is 4.39 Å². The molecule has 2 amide bonds. The molecule has 1 heterocycles. The first kappa shape index (κ1) is 16.6. The number of ether oxygens (including phenoxy) is 1.